The third-order valence-electron chi connectivity index (χ3n) is 2.52. The number of ether oxygens (including phenoxy) is 1. The number of phenolic OH excluding ortho intramolecular Hbond substituents is 1. The van der Waals surface area contributed by atoms with E-state index in [1.807, 2.05) is 6.92 Å². The van der Waals surface area contributed by atoms with Crippen molar-refractivity contribution >= 4 is 11.9 Å². The van der Waals surface area contributed by atoms with Crippen LogP contribution in [0.5, 0.6) is 5.75 Å². The van der Waals surface area contributed by atoms with Gasteiger partial charge in [0.25, 0.3) is 5.91 Å². The average molecular weight is 269 g/mol. The van der Waals surface area contributed by atoms with Crippen LogP contribution in [0, 0.1) is 5.82 Å². The molecule has 0 fully saturated rings. The Bertz CT molecular complexity index is 476. The Labute approximate surface area is 110 Å². The van der Waals surface area contributed by atoms with Gasteiger partial charge < -0.3 is 14.7 Å². The van der Waals surface area contributed by atoms with E-state index in [9.17, 15) is 19.1 Å². The number of methoxy groups -OCH3 is 1. The van der Waals surface area contributed by atoms with E-state index < -0.39 is 23.4 Å². The zero-order valence-corrected chi connectivity index (χ0v) is 10.9. The highest BCUT2D eigenvalue weighted by molar-refractivity contribution is 5.98. The minimum Gasteiger partial charge on any atom is -0.507 e. The van der Waals surface area contributed by atoms with Gasteiger partial charge in [0, 0.05) is 12.6 Å². The van der Waals surface area contributed by atoms with Gasteiger partial charge in [0.2, 0.25) is 0 Å². The van der Waals surface area contributed by atoms with Crippen LogP contribution in [0.25, 0.3) is 0 Å². The second-order valence-electron chi connectivity index (χ2n) is 3.96. The highest BCUT2D eigenvalue weighted by Crippen LogP contribution is 2.20. The zero-order valence-electron chi connectivity index (χ0n) is 10.9. The minimum atomic E-state index is -0.635. The number of carbonyl (C=O) groups is 2. The smallest absolute Gasteiger partial charge is 0.325 e. The van der Waals surface area contributed by atoms with Crippen LogP contribution in [-0.2, 0) is 9.53 Å². The molecule has 104 valence electrons. The number of rotatable bonds is 5. The van der Waals surface area contributed by atoms with Crippen LogP contribution in [-0.4, -0.2) is 42.1 Å². The van der Waals surface area contributed by atoms with Gasteiger partial charge >= 0.3 is 5.97 Å². The molecular weight excluding hydrogens is 253 g/mol. The topological polar surface area (TPSA) is 66.8 Å². The monoisotopic (exact) mass is 269 g/mol. The van der Waals surface area contributed by atoms with Gasteiger partial charge in [-0.15, -0.1) is 0 Å². The predicted molar refractivity (Wildman–Crippen MR) is 66.3 cm³/mol. The van der Waals surface area contributed by atoms with Gasteiger partial charge in [0.1, 0.15) is 18.1 Å². The maximum atomic E-state index is 12.9. The molecule has 0 bridgehead atoms. The summed E-state index contributed by atoms with van der Waals surface area (Å²) in [5.41, 5.74) is -0.0428. The van der Waals surface area contributed by atoms with Crippen molar-refractivity contribution in [1.82, 2.24) is 4.90 Å². The predicted octanol–water partition coefficient (Wildman–Crippen LogP) is 1.56. The first-order valence-corrected chi connectivity index (χ1v) is 5.84. The second-order valence-corrected chi connectivity index (χ2v) is 3.96. The molecule has 1 N–H and O–H groups in total. The van der Waals surface area contributed by atoms with E-state index in [4.69, 9.17) is 0 Å². The van der Waals surface area contributed by atoms with E-state index in [1.54, 1.807) is 0 Å². The van der Waals surface area contributed by atoms with Gasteiger partial charge in [-0.3, -0.25) is 9.59 Å². The quantitative estimate of drug-likeness (QED) is 0.824. The lowest BCUT2D eigenvalue weighted by Gasteiger charge is -2.21. The Morgan fingerprint density at radius 3 is 2.63 bits per heavy atom. The van der Waals surface area contributed by atoms with Gasteiger partial charge in [0.15, 0.2) is 0 Å². The molecule has 1 aromatic rings. The van der Waals surface area contributed by atoms with Crippen molar-refractivity contribution in [2.24, 2.45) is 0 Å². The van der Waals surface area contributed by atoms with Crippen LogP contribution in [0.3, 0.4) is 0 Å². The van der Waals surface area contributed by atoms with E-state index in [-0.39, 0.29) is 12.1 Å². The molecule has 0 saturated carbocycles. The van der Waals surface area contributed by atoms with Crippen LogP contribution in [0.1, 0.15) is 23.7 Å². The third kappa shape index (κ3) is 3.94. The maximum Gasteiger partial charge on any atom is 0.325 e. The molecule has 5 nitrogen and oxygen atoms in total. The number of amides is 1. The summed E-state index contributed by atoms with van der Waals surface area (Å²) in [5, 5.41) is 9.57. The fraction of sp³-hybridized carbons (Fsp3) is 0.385. The molecule has 6 heteroatoms. The molecule has 0 heterocycles. The molecule has 0 aliphatic carbocycles. The number of aromatic hydroxyl groups is 1. The summed E-state index contributed by atoms with van der Waals surface area (Å²) in [6.07, 6.45) is 0.644. The van der Waals surface area contributed by atoms with E-state index in [0.29, 0.717) is 13.0 Å². The molecule has 0 aliphatic rings. The Hall–Kier alpha value is -2.11. The first kappa shape index (κ1) is 14.9. The van der Waals surface area contributed by atoms with Crippen molar-refractivity contribution in [1.29, 1.82) is 0 Å². The number of hydrogen-bond donors (Lipinski definition) is 1. The molecule has 0 radical (unpaired) electrons. The summed E-state index contributed by atoms with van der Waals surface area (Å²) in [6, 6.07) is 3.12. The van der Waals surface area contributed by atoms with Gasteiger partial charge in [-0.1, -0.05) is 6.92 Å². The number of benzene rings is 1. The molecule has 0 atom stereocenters. The van der Waals surface area contributed by atoms with Gasteiger partial charge in [-0.05, 0) is 18.6 Å². The lowest BCUT2D eigenvalue weighted by molar-refractivity contribution is -0.141. The number of carbonyl (C=O) groups excluding carboxylic acids is 2. The van der Waals surface area contributed by atoms with Crippen molar-refractivity contribution < 1.29 is 23.8 Å². The SMILES string of the molecule is CCCN(CC(=O)OC)C(=O)c1ccc(F)cc1O. The first-order chi connectivity index (χ1) is 8.99. The number of phenols is 1. The van der Waals surface area contributed by atoms with Crippen LogP contribution < -0.4 is 0 Å². The standard InChI is InChI=1S/C13H16FNO4/c1-3-6-15(8-12(17)19-2)13(18)10-5-4-9(14)7-11(10)16/h4-5,7,16H,3,6,8H2,1-2H3. The van der Waals surface area contributed by atoms with Crippen molar-refractivity contribution in [2.75, 3.05) is 20.2 Å². The van der Waals surface area contributed by atoms with Crippen LogP contribution in [0.15, 0.2) is 18.2 Å². The number of halogens is 1. The summed E-state index contributed by atoms with van der Waals surface area (Å²) < 4.78 is 17.4. The van der Waals surface area contributed by atoms with E-state index in [0.717, 1.165) is 12.1 Å². The molecular formula is C13H16FNO4. The Kier molecular flexibility index (Phi) is 5.29. The van der Waals surface area contributed by atoms with Gasteiger partial charge in [0.05, 0.1) is 12.7 Å². The summed E-state index contributed by atoms with van der Waals surface area (Å²) in [5.74, 6) is -2.17. The molecule has 0 spiro atoms. The van der Waals surface area contributed by atoms with Crippen LogP contribution in [0.2, 0.25) is 0 Å². The molecule has 0 saturated heterocycles. The first-order valence-electron chi connectivity index (χ1n) is 5.84. The molecule has 0 unspecified atom stereocenters. The Morgan fingerprint density at radius 2 is 2.11 bits per heavy atom. The molecule has 1 rings (SSSR count). The Morgan fingerprint density at radius 1 is 1.42 bits per heavy atom. The van der Waals surface area contributed by atoms with Gasteiger partial charge in [-0.2, -0.15) is 0 Å². The van der Waals surface area contributed by atoms with E-state index >= 15 is 0 Å². The second kappa shape index (κ2) is 6.72. The molecule has 1 amide bonds. The van der Waals surface area contributed by atoms with Crippen LogP contribution >= 0.6 is 0 Å². The lowest BCUT2D eigenvalue weighted by atomic mass is 10.1. The normalized spacial score (nSPS) is 10.1. The van der Waals surface area contributed by atoms with Crippen molar-refractivity contribution in [2.45, 2.75) is 13.3 Å². The lowest BCUT2D eigenvalue weighted by Crippen LogP contribution is -2.36. The van der Waals surface area contributed by atoms with Crippen LogP contribution in [0.4, 0.5) is 4.39 Å². The maximum absolute atomic E-state index is 12.9. The Balaban J connectivity index is 2.95. The van der Waals surface area contributed by atoms with Crippen molar-refractivity contribution in [3.63, 3.8) is 0 Å². The average Bonchev–Trinajstić information content (AvgIpc) is 2.37. The number of esters is 1. The summed E-state index contributed by atoms with van der Waals surface area (Å²) in [6.45, 7) is 1.98. The molecule has 19 heavy (non-hydrogen) atoms. The molecule has 0 aliphatic heterocycles. The minimum absolute atomic E-state index is 0.0428. The fourth-order valence-electron chi connectivity index (χ4n) is 1.60. The number of nitrogens with zero attached hydrogens (tertiary/aromatic N) is 1. The third-order valence-corrected chi connectivity index (χ3v) is 2.52. The molecule has 0 aromatic heterocycles. The molecule has 1 aromatic carbocycles. The van der Waals surface area contributed by atoms with Crippen molar-refractivity contribution in [3.05, 3.63) is 29.6 Å². The van der Waals surface area contributed by atoms with Gasteiger partial charge in [-0.25, -0.2) is 4.39 Å². The largest absolute Gasteiger partial charge is 0.507 e. The highest BCUT2D eigenvalue weighted by Gasteiger charge is 2.21. The summed E-state index contributed by atoms with van der Waals surface area (Å²) in [7, 11) is 1.23. The summed E-state index contributed by atoms with van der Waals surface area (Å²) >= 11 is 0. The van der Waals surface area contributed by atoms with Crippen molar-refractivity contribution in [3.8, 4) is 5.75 Å². The number of hydrogen-bond acceptors (Lipinski definition) is 4. The fourth-order valence-corrected chi connectivity index (χ4v) is 1.60. The summed E-state index contributed by atoms with van der Waals surface area (Å²) in [4.78, 5) is 24.6. The van der Waals surface area contributed by atoms with E-state index in [2.05, 4.69) is 4.74 Å². The zero-order chi connectivity index (χ0) is 14.4. The van der Waals surface area contributed by atoms with E-state index in [1.165, 1.54) is 18.1 Å². The highest BCUT2D eigenvalue weighted by atomic mass is 19.1.